The van der Waals surface area contributed by atoms with Crippen molar-refractivity contribution in [3.8, 4) is 0 Å². The molecule has 0 unspecified atom stereocenters. The minimum absolute atomic E-state index is 0.00725. The quantitative estimate of drug-likeness (QED) is 0.880. The molecule has 1 saturated carbocycles. The van der Waals surface area contributed by atoms with E-state index in [4.69, 9.17) is 0 Å². The molecular formula is C16H20N2O2. The van der Waals surface area contributed by atoms with Gasteiger partial charge in [-0.25, -0.2) is 0 Å². The van der Waals surface area contributed by atoms with Gasteiger partial charge >= 0.3 is 0 Å². The highest BCUT2D eigenvalue weighted by Crippen LogP contribution is 2.36. The van der Waals surface area contributed by atoms with Crippen molar-refractivity contribution in [1.29, 1.82) is 0 Å². The predicted molar refractivity (Wildman–Crippen MR) is 76.1 cm³/mol. The molecule has 20 heavy (non-hydrogen) atoms. The number of amides is 2. The minimum Gasteiger partial charge on any atom is -0.352 e. The van der Waals surface area contributed by atoms with Crippen LogP contribution in [0.3, 0.4) is 0 Å². The number of carbonyl (C=O) groups excluding carboxylic acids is 2. The first-order valence-corrected chi connectivity index (χ1v) is 7.37. The van der Waals surface area contributed by atoms with E-state index in [1.165, 1.54) is 5.56 Å². The van der Waals surface area contributed by atoms with E-state index in [0.717, 1.165) is 25.7 Å². The molecule has 4 nitrogen and oxygen atoms in total. The molecule has 2 amide bonds. The summed E-state index contributed by atoms with van der Waals surface area (Å²) in [7, 11) is 0. The zero-order chi connectivity index (χ0) is 13.9. The molecule has 106 valence electrons. The molecule has 2 fully saturated rings. The predicted octanol–water partition coefficient (Wildman–Crippen LogP) is 1.72. The van der Waals surface area contributed by atoms with Crippen LogP contribution in [0.15, 0.2) is 30.3 Å². The van der Waals surface area contributed by atoms with Crippen LogP contribution in [0.2, 0.25) is 0 Å². The van der Waals surface area contributed by atoms with Gasteiger partial charge in [0, 0.05) is 12.5 Å². The monoisotopic (exact) mass is 272 g/mol. The summed E-state index contributed by atoms with van der Waals surface area (Å²) in [6, 6.07) is 10.3. The third-order valence-electron chi connectivity index (χ3n) is 4.30. The molecule has 0 aromatic heterocycles. The Morgan fingerprint density at radius 3 is 2.65 bits per heavy atom. The number of piperidine rings is 1. The third-order valence-corrected chi connectivity index (χ3v) is 4.30. The average molecular weight is 272 g/mol. The minimum atomic E-state index is -0.327. The van der Waals surface area contributed by atoms with Crippen molar-refractivity contribution >= 4 is 11.8 Å². The fraction of sp³-hybridized carbons (Fsp3) is 0.500. The molecular weight excluding hydrogens is 252 g/mol. The number of hydrogen-bond donors (Lipinski definition) is 2. The van der Waals surface area contributed by atoms with Crippen molar-refractivity contribution < 1.29 is 9.59 Å². The van der Waals surface area contributed by atoms with Crippen LogP contribution in [-0.4, -0.2) is 23.9 Å². The second-order valence-electron chi connectivity index (χ2n) is 5.80. The van der Waals surface area contributed by atoms with Crippen molar-refractivity contribution in [2.75, 3.05) is 0 Å². The Bertz CT molecular complexity index is 494. The summed E-state index contributed by atoms with van der Waals surface area (Å²) in [6.45, 7) is 0. The molecule has 1 heterocycles. The van der Waals surface area contributed by atoms with Crippen LogP contribution in [0.5, 0.6) is 0 Å². The maximum absolute atomic E-state index is 12.1. The van der Waals surface area contributed by atoms with Crippen LogP contribution < -0.4 is 10.6 Å². The van der Waals surface area contributed by atoms with Gasteiger partial charge in [-0.05, 0) is 37.2 Å². The van der Waals surface area contributed by atoms with Gasteiger partial charge in [-0.2, -0.15) is 0 Å². The van der Waals surface area contributed by atoms with Gasteiger partial charge in [0.05, 0.1) is 0 Å². The largest absolute Gasteiger partial charge is 0.352 e. The Morgan fingerprint density at radius 1 is 1.20 bits per heavy atom. The molecule has 4 heteroatoms. The SMILES string of the molecule is O=C1CCC[C@H](C(=O)NC2CC(c3ccccc3)C2)N1. The summed E-state index contributed by atoms with van der Waals surface area (Å²) in [5.74, 6) is 0.532. The van der Waals surface area contributed by atoms with Crippen molar-refractivity contribution in [3.05, 3.63) is 35.9 Å². The number of nitrogens with one attached hydrogen (secondary N) is 2. The second-order valence-corrected chi connectivity index (χ2v) is 5.80. The smallest absolute Gasteiger partial charge is 0.242 e. The van der Waals surface area contributed by atoms with Crippen LogP contribution in [0, 0.1) is 0 Å². The lowest BCUT2D eigenvalue weighted by Gasteiger charge is -2.37. The molecule has 1 aliphatic carbocycles. The van der Waals surface area contributed by atoms with Gasteiger partial charge in [-0.15, -0.1) is 0 Å². The topological polar surface area (TPSA) is 58.2 Å². The average Bonchev–Trinajstić information content (AvgIpc) is 2.43. The van der Waals surface area contributed by atoms with Crippen molar-refractivity contribution in [1.82, 2.24) is 10.6 Å². The van der Waals surface area contributed by atoms with Crippen molar-refractivity contribution in [2.24, 2.45) is 0 Å². The number of hydrogen-bond acceptors (Lipinski definition) is 2. The summed E-state index contributed by atoms with van der Waals surface area (Å²) in [6.07, 6.45) is 4.10. The van der Waals surface area contributed by atoms with Crippen molar-refractivity contribution in [2.45, 2.75) is 50.1 Å². The summed E-state index contributed by atoms with van der Waals surface area (Å²) in [5.41, 5.74) is 1.35. The van der Waals surface area contributed by atoms with E-state index in [1.54, 1.807) is 0 Å². The molecule has 2 N–H and O–H groups in total. The fourth-order valence-corrected chi connectivity index (χ4v) is 3.04. The highest BCUT2D eigenvalue weighted by molar-refractivity contribution is 5.88. The van der Waals surface area contributed by atoms with Gasteiger partial charge in [0.1, 0.15) is 6.04 Å². The van der Waals surface area contributed by atoms with Crippen LogP contribution in [-0.2, 0) is 9.59 Å². The van der Waals surface area contributed by atoms with Crippen molar-refractivity contribution in [3.63, 3.8) is 0 Å². The molecule has 0 bridgehead atoms. The Morgan fingerprint density at radius 2 is 1.95 bits per heavy atom. The van der Waals surface area contributed by atoms with E-state index in [1.807, 2.05) is 6.07 Å². The van der Waals surface area contributed by atoms with Gasteiger partial charge in [0.15, 0.2) is 0 Å². The molecule has 1 atom stereocenters. The van der Waals surface area contributed by atoms with Gasteiger partial charge in [0.25, 0.3) is 0 Å². The van der Waals surface area contributed by atoms with E-state index in [0.29, 0.717) is 12.3 Å². The number of carbonyl (C=O) groups is 2. The van der Waals surface area contributed by atoms with Gasteiger partial charge < -0.3 is 10.6 Å². The lowest BCUT2D eigenvalue weighted by Crippen LogP contribution is -2.53. The zero-order valence-corrected chi connectivity index (χ0v) is 11.5. The standard InChI is InChI=1S/C16H20N2O2/c19-15-8-4-7-14(18-15)16(20)17-13-9-12(10-13)11-5-2-1-3-6-11/h1-3,5-6,12-14H,4,7-10H2,(H,17,20)(H,18,19)/t12?,13?,14-/m1/s1. The first-order valence-electron chi connectivity index (χ1n) is 7.37. The van der Waals surface area contributed by atoms with E-state index >= 15 is 0 Å². The lowest BCUT2D eigenvalue weighted by atomic mass is 9.76. The van der Waals surface area contributed by atoms with E-state index in [2.05, 4.69) is 34.9 Å². The Labute approximate surface area is 118 Å². The molecule has 2 aliphatic rings. The molecule has 1 saturated heterocycles. The summed E-state index contributed by atoms with van der Waals surface area (Å²) in [4.78, 5) is 23.4. The fourth-order valence-electron chi connectivity index (χ4n) is 3.04. The van der Waals surface area contributed by atoms with Gasteiger partial charge in [0.2, 0.25) is 11.8 Å². The normalized spacial score (nSPS) is 29.2. The summed E-state index contributed by atoms with van der Waals surface area (Å²) >= 11 is 0. The molecule has 0 radical (unpaired) electrons. The highest BCUT2D eigenvalue weighted by Gasteiger charge is 2.33. The van der Waals surface area contributed by atoms with Crippen LogP contribution in [0.1, 0.15) is 43.6 Å². The number of benzene rings is 1. The first-order chi connectivity index (χ1) is 9.72. The molecule has 1 aromatic rings. The zero-order valence-electron chi connectivity index (χ0n) is 11.5. The van der Waals surface area contributed by atoms with Crippen LogP contribution in [0.4, 0.5) is 0 Å². The molecule has 1 aliphatic heterocycles. The van der Waals surface area contributed by atoms with Crippen LogP contribution >= 0.6 is 0 Å². The van der Waals surface area contributed by atoms with E-state index in [9.17, 15) is 9.59 Å². The first kappa shape index (κ1) is 13.2. The maximum atomic E-state index is 12.1. The maximum Gasteiger partial charge on any atom is 0.242 e. The number of rotatable bonds is 3. The molecule has 0 spiro atoms. The van der Waals surface area contributed by atoms with Gasteiger partial charge in [-0.3, -0.25) is 9.59 Å². The third kappa shape index (κ3) is 2.84. The van der Waals surface area contributed by atoms with E-state index < -0.39 is 0 Å². The van der Waals surface area contributed by atoms with E-state index in [-0.39, 0.29) is 23.9 Å². The Hall–Kier alpha value is -1.84. The van der Waals surface area contributed by atoms with Gasteiger partial charge in [-0.1, -0.05) is 30.3 Å². The summed E-state index contributed by atoms with van der Waals surface area (Å²) < 4.78 is 0. The lowest BCUT2D eigenvalue weighted by molar-refractivity contribution is -0.131. The Kier molecular flexibility index (Phi) is 3.72. The Balaban J connectivity index is 1.46. The molecule has 3 rings (SSSR count). The van der Waals surface area contributed by atoms with Crippen LogP contribution in [0.25, 0.3) is 0 Å². The second kappa shape index (κ2) is 5.65. The highest BCUT2D eigenvalue weighted by atomic mass is 16.2. The summed E-state index contributed by atoms with van der Waals surface area (Å²) in [5, 5.41) is 5.81. The molecule has 1 aromatic carbocycles.